The smallest absolute Gasteiger partial charge is 0.131 e. The molecule has 1 aromatic rings. The van der Waals surface area contributed by atoms with Gasteiger partial charge < -0.3 is 15.0 Å². The van der Waals surface area contributed by atoms with Gasteiger partial charge in [0.2, 0.25) is 0 Å². The van der Waals surface area contributed by atoms with Crippen molar-refractivity contribution in [2.45, 2.75) is 39.5 Å². The van der Waals surface area contributed by atoms with Gasteiger partial charge >= 0.3 is 0 Å². The zero-order valence-electron chi connectivity index (χ0n) is 11.7. The summed E-state index contributed by atoms with van der Waals surface area (Å²) >= 11 is 5.18. The van der Waals surface area contributed by atoms with Crippen LogP contribution < -0.4 is 5.32 Å². The highest BCUT2D eigenvalue weighted by molar-refractivity contribution is 7.71. The van der Waals surface area contributed by atoms with E-state index >= 15 is 0 Å². The molecule has 5 heteroatoms. The number of aromatic nitrogens is 2. The molecule has 1 rings (SSSR count). The maximum atomic E-state index is 5.29. The zero-order valence-corrected chi connectivity index (χ0v) is 12.5. The van der Waals surface area contributed by atoms with E-state index in [0.717, 1.165) is 37.8 Å². The van der Waals surface area contributed by atoms with Crippen molar-refractivity contribution >= 4 is 18.0 Å². The van der Waals surface area contributed by atoms with E-state index in [4.69, 9.17) is 17.0 Å². The van der Waals surface area contributed by atoms with Gasteiger partial charge in [-0.2, -0.15) is 0 Å². The van der Waals surface area contributed by atoms with Crippen LogP contribution in [0.4, 0.5) is 5.82 Å². The van der Waals surface area contributed by atoms with Crippen LogP contribution in [-0.2, 0) is 10.2 Å². The largest absolute Gasteiger partial charge is 0.382 e. The van der Waals surface area contributed by atoms with Crippen LogP contribution in [-0.4, -0.2) is 29.7 Å². The summed E-state index contributed by atoms with van der Waals surface area (Å²) in [5.74, 6) is 1.83. The van der Waals surface area contributed by atoms with Gasteiger partial charge in [0.1, 0.15) is 16.3 Å². The van der Waals surface area contributed by atoms with Gasteiger partial charge in [-0.15, -0.1) is 0 Å². The van der Waals surface area contributed by atoms with Crippen molar-refractivity contribution in [3.63, 3.8) is 0 Å². The third-order valence-electron chi connectivity index (χ3n) is 2.44. The maximum absolute atomic E-state index is 5.29. The first-order valence-electron chi connectivity index (χ1n) is 6.37. The maximum Gasteiger partial charge on any atom is 0.131 e. The Labute approximate surface area is 114 Å². The lowest BCUT2D eigenvalue weighted by atomic mass is 9.96. The minimum absolute atomic E-state index is 0.0312. The fourth-order valence-electron chi connectivity index (χ4n) is 1.45. The number of hydrogen-bond acceptors (Lipinski definition) is 4. The second-order valence-corrected chi connectivity index (χ2v) is 5.63. The Hall–Kier alpha value is -0.940. The molecular weight excluding hydrogens is 246 g/mol. The summed E-state index contributed by atoms with van der Waals surface area (Å²) in [4.78, 5) is 7.64. The molecule has 0 aliphatic carbocycles. The summed E-state index contributed by atoms with van der Waals surface area (Å²) in [7, 11) is 0. The Morgan fingerprint density at radius 3 is 2.78 bits per heavy atom. The molecule has 102 valence electrons. The molecule has 0 bridgehead atoms. The molecule has 0 unspecified atom stereocenters. The van der Waals surface area contributed by atoms with E-state index in [0.29, 0.717) is 4.64 Å². The number of nitrogens with zero attached hydrogens (tertiary/aromatic N) is 1. The SMILES string of the molecule is CCOCCCNc1cc(=S)nc(C(C)(C)C)[nH]1. The molecule has 18 heavy (non-hydrogen) atoms. The number of nitrogens with one attached hydrogen (secondary N) is 2. The minimum Gasteiger partial charge on any atom is -0.382 e. The van der Waals surface area contributed by atoms with E-state index in [2.05, 4.69) is 36.1 Å². The predicted molar refractivity (Wildman–Crippen MR) is 77.7 cm³/mol. The van der Waals surface area contributed by atoms with Crippen LogP contribution in [0.3, 0.4) is 0 Å². The van der Waals surface area contributed by atoms with Crippen LogP contribution in [0.2, 0.25) is 0 Å². The molecule has 1 aromatic heterocycles. The average molecular weight is 269 g/mol. The van der Waals surface area contributed by atoms with Crippen molar-refractivity contribution in [2.24, 2.45) is 0 Å². The van der Waals surface area contributed by atoms with Gasteiger partial charge in [-0.25, -0.2) is 4.98 Å². The molecule has 0 spiro atoms. The second-order valence-electron chi connectivity index (χ2n) is 5.21. The van der Waals surface area contributed by atoms with Gasteiger partial charge in [0.05, 0.1) is 0 Å². The predicted octanol–water partition coefficient (Wildman–Crippen LogP) is 3.28. The molecule has 0 aromatic carbocycles. The van der Waals surface area contributed by atoms with Gasteiger partial charge in [0.15, 0.2) is 0 Å². The molecule has 0 atom stereocenters. The summed E-state index contributed by atoms with van der Waals surface area (Å²) in [6.45, 7) is 10.7. The number of hydrogen-bond donors (Lipinski definition) is 2. The third-order valence-corrected chi connectivity index (χ3v) is 2.65. The van der Waals surface area contributed by atoms with Gasteiger partial charge in [-0.3, -0.25) is 0 Å². The van der Waals surface area contributed by atoms with E-state index in [-0.39, 0.29) is 5.41 Å². The van der Waals surface area contributed by atoms with Crippen LogP contribution in [0, 0.1) is 4.64 Å². The lowest BCUT2D eigenvalue weighted by Gasteiger charge is -2.18. The van der Waals surface area contributed by atoms with E-state index in [1.54, 1.807) is 0 Å². The van der Waals surface area contributed by atoms with Gasteiger partial charge in [-0.05, 0) is 13.3 Å². The molecule has 0 saturated carbocycles. The monoisotopic (exact) mass is 269 g/mol. The van der Waals surface area contributed by atoms with Gasteiger partial charge in [-0.1, -0.05) is 33.0 Å². The molecule has 0 radical (unpaired) electrons. The number of anilines is 1. The summed E-state index contributed by atoms with van der Waals surface area (Å²) in [5, 5.41) is 3.31. The van der Waals surface area contributed by atoms with Crippen molar-refractivity contribution in [1.29, 1.82) is 0 Å². The van der Waals surface area contributed by atoms with Crippen LogP contribution in [0.15, 0.2) is 6.07 Å². The van der Waals surface area contributed by atoms with Crippen LogP contribution >= 0.6 is 12.2 Å². The first kappa shape index (κ1) is 15.1. The molecule has 0 aliphatic rings. The Morgan fingerprint density at radius 2 is 2.17 bits per heavy atom. The van der Waals surface area contributed by atoms with Crippen LogP contribution in [0.5, 0.6) is 0 Å². The Morgan fingerprint density at radius 1 is 1.44 bits per heavy atom. The van der Waals surface area contributed by atoms with Crippen LogP contribution in [0.1, 0.15) is 39.9 Å². The Balaban J connectivity index is 2.61. The van der Waals surface area contributed by atoms with Gasteiger partial charge in [0.25, 0.3) is 0 Å². The number of rotatable bonds is 6. The van der Waals surface area contributed by atoms with E-state index in [1.165, 1.54) is 0 Å². The highest BCUT2D eigenvalue weighted by atomic mass is 32.1. The summed E-state index contributed by atoms with van der Waals surface area (Å²) < 4.78 is 5.91. The first-order chi connectivity index (χ1) is 8.43. The quantitative estimate of drug-likeness (QED) is 0.614. The second kappa shape index (κ2) is 6.85. The molecule has 2 N–H and O–H groups in total. The highest BCUT2D eigenvalue weighted by Crippen LogP contribution is 2.19. The normalized spacial score (nSPS) is 11.6. The molecule has 0 amide bonds. The Bertz CT molecular complexity index is 423. The summed E-state index contributed by atoms with van der Waals surface area (Å²) in [6, 6.07) is 1.85. The van der Waals surface area contributed by atoms with Crippen molar-refractivity contribution in [3.8, 4) is 0 Å². The van der Waals surface area contributed by atoms with Gasteiger partial charge in [0, 0.05) is 31.2 Å². The zero-order chi connectivity index (χ0) is 13.6. The summed E-state index contributed by atoms with van der Waals surface area (Å²) in [6.07, 6.45) is 0.974. The van der Waals surface area contributed by atoms with Crippen molar-refractivity contribution in [1.82, 2.24) is 9.97 Å². The van der Waals surface area contributed by atoms with E-state index < -0.39 is 0 Å². The Kier molecular flexibility index (Phi) is 5.75. The molecular formula is C13H23N3OS. The standard InChI is InChI=1S/C13H23N3OS/c1-5-17-8-6-7-14-10-9-11(18)16-12(15-10)13(2,3)4/h9H,5-8H2,1-4H3,(H2,14,15,16,18). The number of ether oxygens (including phenoxy) is 1. The van der Waals surface area contributed by atoms with Crippen molar-refractivity contribution in [2.75, 3.05) is 25.1 Å². The number of H-pyrrole nitrogens is 1. The van der Waals surface area contributed by atoms with Crippen molar-refractivity contribution < 1.29 is 4.74 Å². The van der Waals surface area contributed by atoms with E-state index in [9.17, 15) is 0 Å². The summed E-state index contributed by atoms with van der Waals surface area (Å²) in [5.41, 5.74) is -0.0312. The fraction of sp³-hybridized carbons (Fsp3) is 0.692. The van der Waals surface area contributed by atoms with E-state index in [1.807, 2.05) is 13.0 Å². The lowest BCUT2D eigenvalue weighted by molar-refractivity contribution is 0.147. The topological polar surface area (TPSA) is 49.9 Å². The number of aromatic amines is 1. The molecule has 1 heterocycles. The molecule has 4 nitrogen and oxygen atoms in total. The minimum atomic E-state index is -0.0312. The molecule has 0 saturated heterocycles. The molecule has 0 fully saturated rings. The lowest BCUT2D eigenvalue weighted by Crippen LogP contribution is -2.17. The fourth-order valence-corrected chi connectivity index (χ4v) is 1.66. The van der Waals surface area contributed by atoms with Crippen molar-refractivity contribution in [3.05, 3.63) is 16.5 Å². The van der Waals surface area contributed by atoms with Crippen LogP contribution in [0.25, 0.3) is 0 Å². The highest BCUT2D eigenvalue weighted by Gasteiger charge is 2.16. The third kappa shape index (κ3) is 5.14. The first-order valence-corrected chi connectivity index (χ1v) is 6.77. The average Bonchev–Trinajstić information content (AvgIpc) is 2.27. The molecule has 0 aliphatic heterocycles.